The van der Waals surface area contributed by atoms with Gasteiger partial charge in [0.2, 0.25) is 0 Å². The highest BCUT2D eigenvalue weighted by Crippen LogP contribution is 2.17. The molecule has 0 radical (unpaired) electrons. The molecule has 3 rings (SSSR count). The zero-order chi connectivity index (χ0) is 14.7. The molecule has 0 spiro atoms. The molecule has 0 saturated carbocycles. The summed E-state index contributed by atoms with van der Waals surface area (Å²) in [5.41, 5.74) is 2.87. The monoisotopic (exact) mass is 281 g/mol. The van der Waals surface area contributed by atoms with Crippen LogP contribution in [0, 0.1) is 0 Å². The number of pyridine rings is 1. The second-order valence-corrected chi connectivity index (χ2v) is 4.85. The second kappa shape index (κ2) is 5.75. The fraction of sp³-hybridized carbons (Fsp3) is 0.188. The second-order valence-electron chi connectivity index (χ2n) is 4.85. The number of para-hydroxylation sites is 2. The normalized spacial score (nSPS) is 10.9. The minimum absolute atomic E-state index is 0.0633. The van der Waals surface area contributed by atoms with Crippen LogP contribution in [0.2, 0.25) is 0 Å². The number of carboxylic acid groups (broad SMARTS) is 1. The summed E-state index contributed by atoms with van der Waals surface area (Å²) in [4.78, 5) is 19.6. The molecule has 21 heavy (non-hydrogen) atoms. The zero-order valence-corrected chi connectivity index (χ0v) is 11.4. The third-order valence-electron chi connectivity index (χ3n) is 3.41. The van der Waals surface area contributed by atoms with Gasteiger partial charge in [-0.05, 0) is 36.2 Å². The Hall–Kier alpha value is -2.69. The van der Waals surface area contributed by atoms with Crippen molar-refractivity contribution in [3.63, 3.8) is 0 Å². The van der Waals surface area contributed by atoms with Crippen LogP contribution < -0.4 is 0 Å². The molecule has 1 N–H and O–H groups in total. The predicted octanol–water partition coefficient (Wildman–Crippen LogP) is 2.30. The SMILES string of the molecule is O=C(O)Cn1c(CCc2ccncc2)nc2ccccc21. The first kappa shape index (κ1) is 13.3. The van der Waals surface area contributed by atoms with E-state index in [0.29, 0.717) is 6.42 Å². The van der Waals surface area contributed by atoms with E-state index >= 15 is 0 Å². The zero-order valence-electron chi connectivity index (χ0n) is 11.4. The number of imidazole rings is 1. The number of fused-ring (bicyclic) bond motifs is 1. The van der Waals surface area contributed by atoms with E-state index in [1.54, 1.807) is 17.0 Å². The lowest BCUT2D eigenvalue weighted by Crippen LogP contribution is -2.12. The molecule has 0 saturated heterocycles. The van der Waals surface area contributed by atoms with Crippen molar-refractivity contribution in [1.82, 2.24) is 14.5 Å². The Morgan fingerprint density at radius 3 is 2.62 bits per heavy atom. The average molecular weight is 281 g/mol. The number of carboxylic acids is 1. The number of hydrogen-bond donors (Lipinski definition) is 1. The topological polar surface area (TPSA) is 68.0 Å². The van der Waals surface area contributed by atoms with Crippen molar-refractivity contribution in [2.24, 2.45) is 0 Å². The van der Waals surface area contributed by atoms with Gasteiger partial charge in [0.25, 0.3) is 0 Å². The van der Waals surface area contributed by atoms with Crippen LogP contribution in [0.25, 0.3) is 11.0 Å². The molecule has 0 aliphatic carbocycles. The predicted molar refractivity (Wildman–Crippen MR) is 79.0 cm³/mol. The summed E-state index contributed by atoms with van der Waals surface area (Å²) in [6.45, 7) is -0.0633. The molecule has 0 aliphatic heterocycles. The van der Waals surface area contributed by atoms with Gasteiger partial charge in [0, 0.05) is 18.8 Å². The molecular weight excluding hydrogens is 266 g/mol. The average Bonchev–Trinajstić information content (AvgIpc) is 2.84. The minimum atomic E-state index is -0.858. The highest BCUT2D eigenvalue weighted by molar-refractivity contribution is 5.78. The van der Waals surface area contributed by atoms with Gasteiger partial charge in [-0.15, -0.1) is 0 Å². The van der Waals surface area contributed by atoms with E-state index < -0.39 is 5.97 Å². The van der Waals surface area contributed by atoms with Crippen molar-refractivity contribution in [2.45, 2.75) is 19.4 Å². The number of aromatic nitrogens is 3. The molecule has 5 heteroatoms. The van der Waals surface area contributed by atoms with E-state index in [1.165, 1.54) is 5.56 Å². The fourth-order valence-corrected chi connectivity index (χ4v) is 2.43. The molecule has 5 nitrogen and oxygen atoms in total. The van der Waals surface area contributed by atoms with E-state index in [-0.39, 0.29) is 6.54 Å². The number of benzene rings is 1. The fourth-order valence-electron chi connectivity index (χ4n) is 2.43. The van der Waals surface area contributed by atoms with Crippen molar-refractivity contribution in [1.29, 1.82) is 0 Å². The standard InChI is InChI=1S/C16H15N3O2/c20-16(21)11-19-14-4-2-1-3-13(14)18-15(19)6-5-12-7-9-17-10-8-12/h1-4,7-10H,5-6,11H2,(H,20,21). The molecule has 0 amide bonds. The van der Waals surface area contributed by atoms with E-state index in [1.807, 2.05) is 36.4 Å². The first-order valence-electron chi connectivity index (χ1n) is 6.79. The highest BCUT2D eigenvalue weighted by atomic mass is 16.4. The summed E-state index contributed by atoms with van der Waals surface area (Å²) in [6, 6.07) is 11.5. The highest BCUT2D eigenvalue weighted by Gasteiger charge is 2.12. The van der Waals surface area contributed by atoms with Crippen molar-refractivity contribution >= 4 is 17.0 Å². The van der Waals surface area contributed by atoms with Crippen LogP contribution in [-0.4, -0.2) is 25.6 Å². The van der Waals surface area contributed by atoms with Gasteiger partial charge in [-0.2, -0.15) is 0 Å². The van der Waals surface area contributed by atoms with Gasteiger partial charge in [0.1, 0.15) is 12.4 Å². The minimum Gasteiger partial charge on any atom is -0.480 e. The van der Waals surface area contributed by atoms with E-state index in [4.69, 9.17) is 5.11 Å². The lowest BCUT2D eigenvalue weighted by atomic mass is 10.1. The molecule has 0 unspecified atom stereocenters. The lowest BCUT2D eigenvalue weighted by molar-refractivity contribution is -0.137. The number of aliphatic carboxylic acids is 1. The summed E-state index contributed by atoms with van der Waals surface area (Å²) in [5, 5.41) is 9.10. The molecule has 3 aromatic rings. The van der Waals surface area contributed by atoms with E-state index in [0.717, 1.165) is 23.3 Å². The molecule has 106 valence electrons. The summed E-state index contributed by atoms with van der Waals surface area (Å²) in [6.07, 6.45) is 5.03. The molecule has 1 aromatic carbocycles. The van der Waals surface area contributed by atoms with Gasteiger partial charge in [0.15, 0.2) is 0 Å². The van der Waals surface area contributed by atoms with Gasteiger partial charge in [-0.25, -0.2) is 4.98 Å². The van der Waals surface area contributed by atoms with E-state index in [2.05, 4.69) is 9.97 Å². The first-order valence-corrected chi connectivity index (χ1v) is 6.79. The maximum absolute atomic E-state index is 11.1. The summed E-state index contributed by atoms with van der Waals surface area (Å²) >= 11 is 0. The van der Waals surface area contributed by atoms with Crippen LogP contribution in [0.3, 0.4) is 0 Å². The van der Waals surface area contributed by atoms with Crippen LogP contribution in [-0.2, 0) is 24.2 Å². The van der Waals surface area contributed by atoms with Gasteiger partial charge in [-0.1, -0.05) is 12.1 Å². The Morgan fingerprint density at radius 1 is 1.10 bits per heavy atom. The van der Waals surface area contributed by atoms with Crippen molar-refractivity contribution in [3.05, 3.63) is 60.2 Å². The lowest BCUT2D eigenvalue weighted by Gasteiger charge is -2.06. The molecule has 0 atom stereocenters. The quantitative estimate of drug-likeness (QED) is 0.779. The Labute approximate surface area is 121 Å². The molecule has 0 aliphatic rings. The molecule has 0 fully saturated rings. The van der Waals surface area contributed by atoms with Crippen molar-refractivity contribution in [2.75, 3.05) is 0 Å². The third-order valence-corrected chi connectivity index (χ3v) is 3.41. The van der Waals surface area contributed by atoms with Gasteiger partial charge in [0.05, 0.1) is 11.0 Å². The summed E-state index contributed by atoms with van der Waals surface area (Å²) in [5.74, 6) is -0.0567. The summed E-state index contributed by atoms with van der Waals surface area (Å²) in [7, 11) is 0. The van der Waals surface area contributed by atoms with Gasteiger partial charge < -0.3 is 9.67 Å². The molecule has 2 aromatic heterocycles. The van der Waals surface area contributed by atoms with Crippen LogP contribution >= 0.6 is 0 Å². The van der Waals surface area contributed by atoms with Crippen LogP contribution in [0.1, 0.15) is 11.4 Å². The summed E-state index contributed by atoms with van der Waals surface area (Å²) < 4.78 is 1.78. The van der Waals surface area contributed by atoms with Crippen LogP contribution in [0.4, 0.5) is 0 Å². The van der Waals surface area contributed by atoms with E-state index in [9.17, 15) is 4.79 Å². The maximum atomic E-state index is 11.1. The molecule has 0 bridgehead atoms. The number of carbonyl (C=O) groups is 1. The van der Waals surface area contributed by atoms with Crippen molar-refractivity contribution < 1.29 is 9.90 Å². The van der Waals surface area contributed by atoms with Crippen LogP contribution in [0.15, 0.2) is 48.8 Å². The Kier molecular flexibility index (Phi) is 3.64. The molecular formula is C16H15N3O2. The molecule has 2 heterocycles. The smallest absolute Gasteiger partial charge is 0.323 e. The number of hydrogen-bond acceptors (Lipinski definition) is 3. The Balaban J connectivity index is 1.91. The van der Waals surface area contributed by atoms with Gasteiger partial charge >= 0.3 is 5.97 Å². The first-order chi connectivity index (χ1) is 10.2. The number of aryl methyl sites for hydroxylation is 2. The van der Waals surface area contributed by atoms with Gasteiger partial charge in [-0.3, -0.25) is 9.78 Å². The number of rotatable bonds is 5. The number of nitrogens with zero attached hydrogens (tertiary/aromatic N) is 3. The third kappa shape index (κ3) is 2.91. The van der Waals surface area contributed by atoms with Crippen molar-refractivity contribution in [3.8, 4) is 0 Å². The maximum Gasteiger partial charge on any atom is 0.323 e. The Bertz CT molecular complexity index is 766. The Morgan fingerprint density at radius 2 is 1.86 bits per heavy atom. The largest absolute Gasteiger partial charge is 0.480 e. The van der Waals surface area contributed by atoms with Crippen LogP contribution in [0.5, 0.6) is 0 Å².